The first-order valence-corrected chi connectivity index (χ1v) is 10.3. The Kier molecular flexibility index (Phi) is 5.65. The molecule has 0 aliphatic carbocycles. The maximum atomic E-state index is 12.8. The summed E-state index contributed by atoms with van der Waals surface area (Å²) in [6.07, 6.45) is 2.50. The van der Waals surface area contributed by atoms with Crippen molar-refractivity contribution in [3.8, 4) is 0 Å². The third-order valence-electron chi connectivity index (χ3n) is 5.76. The highest BCUT2D eigenvalue weighted by Crippen LogP contribution is 2.33. The number of carbonyl (C=O) groups excluding carboxylic acids is 1. The van der Waals surface area contributed by atoms with Crippen LogP contribution in [0.4, 0.5) is 0 Å². The third-order valence-corrected chi connectivity index (χ3v) is 6.01. The molecule has 4 rings (SSSR count). The van der Waals surface area contributed by atoms with Gasteiger partial charge in [0.2, 0.25) is 5.91 Å². The van der Waals surface area contributed by atoms with Crippen molar-refractivity contribution in [1.29, 1.82) is 0 Å². The highest BCUT2D eigenvalue weighted by atomic mass is 35.5. The third kappa shape index (κ3) is 4.06. The molecule has 3 nitrogen and oxygen atoms in total. The molecule has 1 amide bonds. The number of carbonyl (C=O) groups is 1. The number of hydrogen-bond donors (Lipinski definition) is 1. The molecule has 1 atom stereocenters. The Morgan fingerprint density at radius 2 is 1.68 bits per heavy atom. The van der Waals surface area contributed by atoms with Gasteiger partial charge in [0.25, 0.3) is 0 Å². The van der Waals surface area contributed by atoms with Crippen LogP contribution in [0.3, 0.4) is 0 Å². The lowest BCUT2D eigenvalue weighted by molar-refractivity contribution is -0.133. The van der Waals surface area contributed by atoms with Gasteiger partial charge in [0.05, 0.1) is 6.04 Å². The summed E-state index contributed by atoms with van der Waals surface area (Å²) in [5.74, 6) is 0.536. The topological polar surface area (TPSA) is 46.3 Å². The van der Waals surface area contributed by atoms with Gasteiger partial charge in [-0.05, 0) is 59.2 Å². The number of halogens is 1. The fourth-order valence-electron chi connectivity index (χ4n) is 4.21. The Labute approximate surface area is 171 Å². The quantitative estimate of drug-likeness (QED) is 0.695. The van der Waals surface area contributed by atoms with Gasteiger partial charge in [-0.1, -0.05) is 66.2 Å². The number of nitrogens with two attached hydrogens (primary N) is 1. The van der Waals surface area contributed by atoms with Crippen molar-refractivity contribution in [2.75, 3.05) is 13.1 Å². The summed E-state index contributed by atoms with van der Waals surface area (Å²) >= 11 is 5.93. The van der Waals surface area contributed by atoms with E-state index in [0.29, 0.717) is 17.4 Å². The van der Waals surface area contributed by atoms with E-state index in [2.05, 4.69) is 42.5 Å². The molecule has 0 bridgehead atoms. The molecular weight excluding hydrogens is 368 g/mol. The van der Waals surface area contributed by atoms with E-state index < -0.39 is 6.04 Å². The van der Waals surface area contributed by atoms with Gasteiger partial charge < -0.3 is 10.6 Å². The Bertz CT molecular complexity index is 957. The predicted molar refractivity (Wildman–Crippen MR) is 116 cm³/mol. The molecule has 1 aliphatic heterocycles. The van der Waals surface area contributed by atoms with Crippen LogP contribution < -0.4 is 5.73 Å². The molecule has 0 saturated carbocycles. The summed E-state index contributed by atoms with van der Waals surface area (Å²) in [5, 5.41) is 3.30. The first-order valence-electron chi connectivity index (χ1n) is 9.88. The molecule has 28 heavy (non-hydrogen) atoms. The van der Waals surface area contributed by atoms with Gasteiger partial charge in [0.1, 0.15) is 0 Å². The zero-order chi connectivity index (χ0) is 19.5. The molecule has 3 aromatic carbocycles. The molecule has 0 spiro atoms. The van der Waals surface area contributed by atoms with Gasteiger partial charge >= 0.3 is 0 Å². The molecule has 0 aromatic heterocycles. The number of rotatable bonds is 4. The lowest BCUT2D eigenvalue weighted by atomic mass is 9.86. The second-order valence-electron chi connectivity index (χ2n) is 7.61. The van der Waals surface area contributed by atoms with Crippen molar-refractivity contribution in [1.82, 2.24) is 4.90 Å². The fraction of sp³-hybridized carbons (Fsp3) is 0.292. The van der Waals surface area contributed by atoms with E-state index in [1.807, 2.05) is 29.2 Å². The number of piperidine rings is 1. The van der Waals surface area contributed by atoms with Crippen molar-refractivity contribution in [3.05, 3.63) is 82.9 Å². The van der Waals surface area contributed by atoms with Crippen LogP contribution in [0.15, 0.2) is 66.7 Å². The summed E-state index contributed by atoms with van der Waals surface area (Å²) in [5.41, 5.74) is 8.65. The summed E-state index contributed by atoms with van der Waals surface area (Å²) in [4.78, 5) is 14.7. The summed E-state index contributed by atoms with van der Waals surface area (Å²) in [7, 11) is 0. The minimum atomic E-state index is -0.504. The molecule has 1 heterocycles. The average molecular weight is 393 g/mol. The fourth-order valence-corrected chi connectivity index (χ4v) is 4.34. The van der Waals surface area contributed by atoms with Crippen molar-refractivity contribution in [2.45, 2.75) is 31.2 Å². The number of benzene rings is 3. The molecule has 2 N–H and O–H groups in total. The number of hydrogen-bond acceptors (Lipinski definition) is 2. The zero-order valence-electron chi connectivity index (χ0n) is 15.9. The second kappa shape index (κ2) is 8.34. The first kappa shape index (κ1) is 19.0. The molecular formula is C24H25ClN2O. The maximum absolute atomic E-state index is 12.8. The van der Waals surface area contributed by atoms with Crippen molar-refractivity contribution < 1.29 is 4.79 Å². The first-order chi connectivity index (χ1) is 13.6. The number of likely N-dealkylation sites (tertiary alicyclic amines) is 1. The van der Waals surface area contributed by atoms with E-state index >= 15 is 0 Å². The number of amides is 1. The van der Waals surface area contributed by atoms with Crippen molar-refractivity contribution in [3.63, 3.8) is 0 Å². The Balaban J connectivity index is 1.39. The van der Waals surface area contributed by atoms with E-state index in [-0.39, 0.29) is 5.91 Å². The summed E-state index contributed by atoms with van der Waals surface area (Å²) in [6, 6.07) is 22.1. The molecule has 1 aliphatic rings. The van der Waals surface area contributed by atoms with Crippen LogP contribution in [0.5, 0.6) is 0 Å². The van der Waals surface area contributed by atoms with E-state index in [0.717, 1.165) is 31.5 Å². The van der Waals surface area contributed by atoms with E-state index in [1.54, 1.807) is 0 Å². The number of nitrogens with zero attached hydrogens (tertiary/aromatic N) is 1. The molecule has 1 saturated heterocycles. The minimum absolute atomic E-state index is 0.0475. The van der Waals surface area contributed by atoms with Crippen LogP contribution in [0.2, 0.25) is 5.02 Å². The SMILES string of the molecule is NC(Cc1ccc(Cl)cc1)C(=O)N1CCC(c2cccc3ccccc23)CC1. The van der Waals surface area contributed by atoms with Crippen LogP contribution in [0, 0.1) is 0 Å². The molecule has 144 valence electrons. The normalized spacial score (nSPS) is 16.3. The van der Waals surface area contributed by atoms with E-state index in [4.69, 9.17) is 17.3 Å². The van der Waals surface area contributed by atoms with Crippen molar-refractivity contribution >= 4 is 28.3 Å². The van der Waals surface area contributed by atoms with Crippen molar-refractivity contribution in [2.24, 2.45) is 5.73 Å². The smallest absolute Gasteiger partial charge is 0.239 e. The maximum Gasteiger partial charge on any atom is 0.239 e. The van der Waals surface area contributed by atoms with Gasteiger partial charge in [-0.15, -0.1) is 0 Å². The molecule has 1 fully saturated rings. The van der Waals surface area contributed by atoms with E-state index in [1.165, 1.54) is 16.3 Å². The van der Waals surface area contributed by atoms with E-state index in [9.17, 15) is 4.79 Å². The minimum Gasteiger partial charge on any atom is -0.341 e. The van der Waals surface area contributed by atoms with Gasteiger partial charge in [0, 0.05) is 18.1 Å². The van der Waals surface area contributed by atoms with Gasteiger partial charge in [0.15, 0.2) is 0 Å². The number of fused-ring (bicyclic) bond motifs is 1. The highest BCUT2D eigenvalue weighted by Gasteiger charge is 2.27. The average Bonchev–Trinajstić information content (AvgIpc) is 2.74. The van der Waals surface area contributed by atoms with Gasteiger partial charge in [-0.2, -0.15) is 0 Å². The lowest BCUT2D eigenvalue weighted by Crippen LogP contribution is -2.47. The van der Waals surface area contributed by atoms with Crippen LogP contribution >= 0.6 is 11.6 Å². The standard InChI is InChI=1S/C24H25ClN2O/c25-20-10-8-17(9-11-20)16-23(26)24(28)27-14-12-19(13-15-27)22-7-3-5-18-4-1-2-6-21(18)22/h1-11,19,23H,12-16,26H2. The Morgan fingerprint density at radius 3 is 2.43 bits per heavy atom. The van der Waals surface area contributed by atoms with Crippen LogP contribution in [-0.2, 0) is 11.2 Å². The largest absolute Gasteiger partial charge is 0.341 e. The molecule has 3 aromatic rings. The monoisotopic (exact) mass is 392 g/mol. The van der Waals surface area contributed by atoms with Gasteiger partial charge in [-0.25, -0.2) is 0 Å². The van der Waals surface area contributed by atoms with Crippen LogP contribution in [0.1, 0.15) is 29.9 Å². The Hall–Kier alpha value is -2.36. The molecule has 4 heteroatoms. The summed E-state index contributed by atoms with van der Waals surface area (Å²) in [6.45, 7) is 1.53. The second-order valence-corrected chi connectivity index (χ2v) is 8.04. The van der Waals surface area contributed by atoms with Crippen LogP contribution in [0.25, 0.3) is 10.8 Å². The Morgan fingerprint density at radius 1 is 1.00 bits per heavy atom. The van der Waals surface area contributed by atoms with Gasteiger partial charge in [-0.3, -0.25) is 4.79 Å². The predicted octanol–water partition coefficient (Wildman–Crippen LogP) is 4.77. The molecule has 0 radical (unpaired) electrons. The zero-order valence-corrected chi connectivity index (χ0v) is 16.6. The molecule has 1 unspecified atom stereocenters. The highest BCUT2D eigenvalue weighted by molar-refractivity contribution is 6.30. The lowest BCUT2D eigenvalue weighted by Gasteiger charge is -2.34. The summed E-state index contributed by atoms with van der Waals surface area (Å²) < 4.78 is 0. The van der Waals surface area contributed by atoms with Crippen LogP contribution in [-0.4, -0.2) is 29.9 Å².